The summed E-state index contributed by atoms with van der Waals surface area (Å²) >= 11 is 0. The van der Waals surface area contributed by atoms with E-state index in [0.717, 1.165) is 17.4 Å². The number of halogens is 2. The highest BCUT2D eigenvalue weighted by atomic mass is 32.2. The van der Waals surface area contributed by atoms with Gasteiger partial charge < -0.3 is 55.9 Å². The van der Waals surface area contributed by atoms with Gasteiger partial charge in [0, 0.05) is 147 Å². The van der Waals surface area contributed by atoms with Gasteiger partial charge in [-0.05, 0) is 75.7 Å². The number of morpholine rings is 1. The zero-order valence-electron chi connectivity index (χ0n) is 45.2. The third-order valence-electron chi connectivity index (χ3n) is 14.7. The number of aryl methyl sites for hydroxylation is 1. The molecular weight excluding hydrogens is 1070 g/mol. The number of hydrogen-bond acceptors (Lipinski definition) is 19. The molecule has 11 rings (SSSR count). The van der Waals surface area contributed by atoms with E-state index in [1.54, 1.807) is 48.7 Å². The van der Waals surface area contributed by atoms with Gasteiger partial charge in [0.1, 0.15) is 17.4 Å². The number of hydrogen-bond donors (Lipinski definition) is 5. The number of sulfone groups is 1. The van der Waals surface area contributed by atoms with Gasteiger partial charge in [-0.1, -0.05) is 0 Å². The van der Waals surface area contributed by atoms with Gasteiger partial charge in [0.25, 0.3) is 17.7 Å². The van der Waals surface area contributed by atoms with Crippen molar-refractivity contribution in [2.24, 2.45) is 12.0 Å². The van der Waals surface area contributed by atoms with Gasteiger partial charge in [0.05, 0.1) is 52.1 Å². The third-order valence-corrected chi connectivity index (χ3v) is 16.5. The molecular formula is C55H61F2N15O8S. The van der Waals surface area contributed by atoms with E-state index < -0.39 is 46.0 Å². The van der Waals surface area contributed by atoms with Crippen LogP contribution in [0.15, 0.2) is 72.1 Å². The highest BCUT2D eigenvalue weighted by Gasteiger charge is 2.37. The highest BCUT2D eigenvalue weighted by Crippen LogP contribution is 2.35. The quantitative estimate of drug-likeness (QED) is 0.0757. The van der Waals surface area contributed by atoms with Gasteiger partial charge in [-0.15, -0.1) is 0 Å². The van der Waals surface area contributed by atoms with Crippen molar-refractivity contribution in [3.63, 3.8) is 0 Å². The van der Waals surface area contributed by atoms with Gasteiger partial charge in [-0.3, -0.25) is 24.1 Å². The monoisotopic (exact) mass is 1130 g/mol. The SMILES string of the molecule is CN=Cc1cc(NC(=O)c2ccc(N3C[C@@H](C)N[C@@H](C)C3)c3cnc(OCC(=O)N4CCOC(C[C@H]5CN(c6ccc(C(=O)Nc7cc(F)c8nn(C)cc8c7)c7nc(OC8CS(=O)(=O)C8)ncc67)C[C@@H](C)N5)C4)nc23)cc(F)c1N. The summed E-state index contributed by atoms with van der Waals surface area (Å²) in [6.07, 6.45) is 5.74. The molecule has 6 N–H and O–H groups in total. The molecule has 4 saturated heterocycles. The highest BCUT2D eigenvalue weighted by molar-refractivity contribution is 7.92. The Morgan fingerprint density at radius 1 is 0.815 bits per heavy atom. The molecule has 4 aliphatic rings. The number of carbonyl (C=O) groups excluding carboxylic acids is 3. The van der Waals surface area contributed by atoms with Crippen molar-refractivity contribution in [3.05, 3.63) is 95.4 Å². The number of aromatic nitrogens is 6. The van der Waals surface area contributed by atoms with E-state index in [4.69, 9.17) is 24.9 Å². The molecule has 81 heavy (non-hydrogen) atoms. The van der Waals surface area contributed by atoms with Crippen molar-refractivity contribution >= 4 is 94.9 Å². The van der Waals surface area contributed by atoms with Crippen molar-refractivity contribution < 1.29 is 45.8 Å². The molecule has 7 aromatic rings. The number of aliphatic imine (C=N–C) groups is 1. The zero-order valence-corrected chi connectivity index (χ0v) is 46.0. The largest absolute Gasteiger partial charge is 0.458 e. The number of fused-ring (bicyclic) bond motifs is 3. The number of amides is 3. The molecule has 4 aliphatic heterocycles. The summed E-state index contributed by atoms with van der Waals surface area (Å²) in [5.74, 6) is -3.10. The minimum Gasteiger partial charge on any atom is -0.458 e. The Balaban J connectivity index is 0.784. The summed E-state index contributed by atoms with van der Waals surface area (Å²) in [5.41, 5.74) is 9.10. The molecule has 0 aliphatic carbocycles. The Labute approximate surface area is 464 Å². The van der Waals surface area contributed by atoms with E-state index in [1.807, 2.05) is 12.1 Å². The van der Waals surface area contributed by atoms with Crippen LogP contribution in [0.2, 0.25) is 0 Å². The summed E-state index contributed by atoms with van der Waals surface area (Å²) in [5, 5.41) is 18.6. The first-order chi connectivity index (χ1) is 38.8. The van der Waals surface area contributed by atoms with Crippen LogP contribution in [0.1, 0.15) is 53.5 Å². The summed E-state index contributed by atoms with van der Waals surface area (Å²) < 4.78 is 73.5. The molecule has 0 saturated carbocycles. The van der Waals surface area contributed by atoms with E-state index >= 15 is 4.39 Å². The van der Waals surface area contributed by atoms with Crippen molar-refractivity contribution in [2.45, 2.75) is 63.6 Å². The van der Waals surface area contributed by atoms with Crippen LogP contribution in [0.25, 0.3) is 32.7 Å². The van der Waals surface area contributed by atoms with E-state index in [9.17, 15) is 27.2 Å². The number of nitrogen functional groups attached to an aromatic ring is 1. The van der Waals surface area contributed by atoms with Crippen molar-refractivity contribution in [1.82, 2.24) is 45.2 Å². The van der Waals surface area contributed by atoms with E-state index in [-0.39, 0.29) is 118 Å². The Bertz CT molecular complexity index is 3750. The average molecular weight is 1130 g/mol. The second-order valence-electron chi connectivity index (χ2n) is 21.3. The van der Waals surface area contributed by atoms with Crippen molar-refractivity contribution in [2.75, 3.05) is 97.2 Å². The maximum atomic E-state index is 15.1. The standard InChI is InChI=1S/C55H61F2N15O8S/c1-29-20-71(21-30(2)62-29)45-8-6-39(52(74)64-34-12-32(17-59-4)48(58)43(56)15-34)50-41(45)18-60-54(66-50)79-26-47(73)70-10-11-78-37(25-70)14-36-24-72(22-31(3)63-36)46-9-7-40(51-42(46)19-61-55(67-51)80-38-27-81(76,77)28-38)53(75)65-35-13-33-23-69(5)68-49(33)44(57)16-35/h6-9,12-13,15-19,23,29-31,36-38,62-63H,10-11,14,20-22,24-28,58H2,1-5H3,(H,64,74)(H,65,75)/t29-,30+,31-,36+,37?/m1/s1. The van der Waals surface area contributed by atoms with E-state index in [2.05, 4.69) is 76.9 Å². The smallest absolute Gasteiger partial charge is 0.317 e. The Hall–Kier alpha value is -8.20. The number of benzene rings is 4. The molecule has 1 unspecified atom stereocenters. The molecule has 0 bridgehead atoms. The van der Waals surface area contributed by atoms with Gasteiger partial charge in [-0.2, -0.15) is 15.1 Å². The van der Waals surface area contributed by atoms with Crippen LogP contribution in [0.4, 0.5) is 37.2 Å². The topological polar surface area (TPSA) is 279 Å². The summed E-state index contributed by atoms with van der Waals surface area (Å²) in [4.78, 5) is 70.4. The predicted molar refractivity (Wildman–Crippen MR) is 302 cm³/mol. The van der Waals surface area contributed by atoms with Crippen LogP contribution < -0.4 is 46.3 Å². The minimum absolute atomic E-state index is 0.0131. The van der Waals surface area contributed by atoms with Gasteiger partial charge in [0.2, 0.25) is 0 Å². The summed E-state index contributed by atoms with van der Waals surface area (Å²) in [7, 11) is -0.00645. The maximum absolute atomic E-state index is 15.1. The van der Waals surface area contributed by atoms with E-state index in [0.29, 0.717) is 60.9 Å². The fourth-order valence-corrected chi connectivity index (χ4v) is 12.4. The second kappa shape index (κ2) is 22.4. The third kappa shape index (κ3) is 11.9. The first kappa shape index (κ1) is 54.7. The Morgan fingerprint density at radius 2 is 1.42 bits per heavy atom. The molecule has 7 heterocycles. The fourth-order valence-electron chi connectivity index (χ4n) is 11.3. The Morgan fingerprint density at radius 3 is 2.07 bits per heavy atom. The second-order valence-corrected chi connectivity index (χ2v) is 23.4. The first-order valence-corrected chi connectivity index (χ1v) is 28.4. The van der Waals surface area contributed by atoms with Gasteiger partial charge in [0.15, 0.2) is 22.3 Å². The number of nitrogens with zero attached hydrogens (tertiary/aromatic N) is 10. The fraction of sp³-hybridized carbons (Fsp3) is 0.400. The molecule has 0 radical (unpaired) electrons. The normalized spacial score (nSPS) is 21.4. The van der Waals surface area contributed by atoms with Gasteiger partial charge >= 0.3 is 12.0 Å². The van der Waals surface area contributed by atoms with Crippen LogP contribution in [0, 0.1) is 11.6 Å². The number of nitrogens with two attached hydrogens (primary N) is 1. The summed E-state index contributed by atoms with van der Waals surface area (Å²) in [6.45, 7) is 9.21. The summed E-state index contributed by atoms with van der Waals surface area (Å²) in [6, 6.07) is 12.5. The average Bonchev–Trinajstić information content (AvgIpc) is 3.86. The molecule has 424 valence electrons. The number of ether oxygens (including phenoxy) is 3. The number of nitrogens with one attached hydrogen (secondary N) is 4. The maximum Gasteiger partial charge on any atom is 0.317 e. The molecule has 3 amide bonds. The molecule has 0 spiro atoms. The van der Waals surface area contributed by atoms with Gasteiger partial charge in [-0.25, -0.2) is 27.2 Å². The lowest BCUT2D eigenvalue weighted by atomic mass is 10.0. The lowest BCUT2D eigenvalue weighted by molar-refractivity contribution is -0.141. The molecule has 5 atom stereocenters. The molecule has 3 aromatic heterocycles. The van der Waals surface area contributed by atoms with E-state index in [1.165, 1.54) is 30.1 Å². The Kier molecular flexibility index (Phi) is 15.1. The molecule has 23 nitrogen and oxygen atoms in total. The number of piperazine rings is 2. The van der Waals surface area contributed by atoms with Crippen LogP contribution in [-0.2, 0) is 26.4 Å². The lowest BCUT2D eigenvalue weighted by Crippen LogP contribution is -2.58. The van der Waals surface area contributed by atoms with Crippen LogP contribution in [0.3, 0.4) is 0 Å². The number of rotatable bonds is 14. The lowest BCUT2D eigenvalue weighted by Gasteiger charge is -2.42. The predicted octanol–water partition coefficient (Wildman–Crippen LogP) is 4.10. The van der Waals surface area contributed by atoms with Crippen molar-refractivity contribution in [1.29, 1.82) is 0 Å². The number of anilines is 5. The van der Waals surface area contributed by atoms with Crippen LogP contribution >= 0.6 is 0 Å². The van der Waals surface area contributed by atoms with Crippen LogP contribution in [-0.4, -0.2) is 174 Å². The zero-order chi connectivity index (χ0) is 56.9. The molecule has 26 heteroatoms. The number of carbonyl (C=O) groups is 3. The first-order valence-electron chi connectivity index (χ1n) is 26.6. The van der Waals surface area contributed by atoms with Crippen molar-refractivity contribution in [3.8, 4) is 12.0 Å². The minimum atomic E-state index is -3.21. The van der Waals surface area contributed by atoms with Crippen LogP contribution in [0.5, 0.6) is 12.0 Å². The molecule has 4 aromatic carbocycles. The molecule has 4 fully saturated rings.